The highest BCUT2D eigenvalue weighted by Gasteiger charge is 2.57. The molecule has 1 aromatic rings. The molecule has 0 saturated carbocycles. The Morgan fingerprint density at radius 3 is 2.05 bits per heavy atom. The third-order valence-corrected chi connectivity index (χ3v) is 2.46. The van der Waals surface area contributed by atoms with Crippen molar-refractivity contribution < 1.29 is 31.4 Å². The fraction of sp³-hybridized carbons (Fsp3) is 0.333. The van der Waals surface area contributed by atoms with Gasteiger partial charge in [0.25, 0.3) is 0 Å². The number of phenolic OH excluding ortho intramolecular Hbond substituents is 1. The standard InChI is InChI=1S/C12H10F6O/c1-2-3-7-6-8(4-5-9(7)19)10(11(13,14)15)12(16,17)18/h2,4-6,10,19H,1,3H2. The third kappa shape index (κ3) is 3.65. The number of benzene rings is 1. The van der Waals surface area contributed by atoms with Gasteiger partial charge in [-0.25, -0.2) is 0 Å². The summed E-state index contributed by atoms with van der Waals surface area (Å²) in [6.07, 6.45) is -9.64. The third-order valence-electron chi connectivity index (χ3n) is 2.46. The molecule has 0 bridgehead atoms. The van der Waals surface area contributed by atoms with Crippen molar-refractivity contribution in [1.82, 2.24) is 0 Å². The largest absolute Gasteiger partial charge is 0.508 e. The van der Waals surface area contributed by atoms with Crippen LogP contribution in [0.5, 0.6) is 5.75 Å². The molecule has 1 N–H and O–H groups in total. The highest BCUT2D eigenvalue weighted by Crippen LogP contribution is 2.46. The number of phenols is 1. The number of hydrogen-bond acceptors (Lipinski definition) is 1. The van der Waals surface area contributed by atoms with Crippen LogP contribution in [-0.2, 0) is 6.42 Å². The van der Waals surface area contributed by atoms with Crippen LogP contribution in [0.1, 0.15) is 17.0 Å². The Hall–Kier alpha value is -1.66. The van der Waals surface area contributed by atoms with E-state index in [-0.39, 0.29) is 17.7 Å². The number of aromatic hydroxyl groups is 1. The van der Waals surface area contributed by atoms with Gasteiger partial charge in [0, 0.05) is 0 Å². The number of halogens is 6. The molecule has 1 aromatic carbocycles. The molecule has 7 heteroatoms. The van der Waals surface area contributed by atoms with Crippen LogP contribution >= 0.6 is 0 Å². The summed E-state index contributed by atoms with van der Waals surface area (Å²) >= 11 is 0. The summed E-state index contributed by atoms with van der Waals surface area (Å²) < 4.78 is 75.1. The molecule has 0 amide bonds. The fourth-order valence-corrected chi connectivity index (χ4v) is 1.67. The van der Waals surface area contributed by atoms with E-state index >= 15 is 0 Å². The summed E-state index contributed by atoms with van der Waals surface area (Å²) in [5, 5.41) is 9.34. The maximum atomic E-state index is 12.5. The highest BCUT2D eigenvalue weighted by molar-refractivity contribution is 5.39. The van der Waals surface area contributed by atoms with Gasteiger partial charge in [0.05, 0.1) is 0 Å². The van der Waals surface area contributed by atoms with Crippen molar-refractivity contribution in [3.8, 4) is 5.75 Å². The second kappa shape index (κ2) is 5.14. The molecule has 0 fully saturated rings. The second-order valence-electron chi connectivity index (χ2n) is 3.90. The molecule has 1 rings (SSSR count). The molecule has 0 aliphatic heterocycles. The Bertz CT molecular complexity index is 446. The van der Waals surface area contributed by atoms with Gasteiger partial charge in [-0.15, -0.1) is 6.58 Å². The van der Waals surface area contributed by atoms with Crippen molar-refractivity contribution in [2.75, 3.05) is 0 Å². The van der Waals surface area contributed by atoms with Crippen LogP contribution in [0.3, 0.4) is 0 Å². The van der Waals surface area contributed by atoms with Crippen molar-refractivity contribution in [2.24, 2.45) is 0 Å². The molecule has 0 heterocycles. The van der Waals surface area contributed by atoms with Crippen molar-refractivity contribution in [1.29, 1.82) is 0 Å². The minimum atomic E-state index is -5.44. The molecule has 19 heavy (non-hydrogen) atoms. The Morgan fingerprint density at radius 1 is 1.11 bits per heavy atom. The van der Waals surface area contributed by atoms with Gasteiger partial charge in [0.1, 0.15) is 5.75 Å². The molecule has 0 aliphatic rings. The summed E-state index contributed by atoms with van der Waals surface area (Å²) in [7, 11) is 0. The van der Waals surface area contributed by atoms with E-state index in [1.165, 1.54) is 6.08 Å². The topological polar surface area (TPSA) is 20.2 Å². The molecule has 0 saturated heterocycles. The lowest BCUT2D eigenvalue weighted by molar-refractivity contribution is -0.253. The lowest BCUT2D eigenvalue weighted by atomic mass is 9.95. The normalized spacial score (nSPS) is 12.8. The summed E-state index contributed by atoms with van der Waals surface area (Å²) in [6, 6.07) is 2.13. The molecule has 106 valence electrons. The summed E-state index contributed by atoms with van der Waals surface area (Å²) in [5.74, 6) is -3.93. The molecule has 0 aromatic heterocycles. The van der Waals surface area contributed by atoms with Gasteiger partial charge in [0.15, 0.2) is 5.92 Å². The smallest absolute Gasteiger partial charge is 0.404 e. The van der Waals surface area contributed by atoms with Crippen molar-refractivity contribution in [3.63, 3.8) is 0 Å². The van der Waals surface area contributed by atoms with E-state index in [4.69, 9.17) is 0 Å². The highest BCUT2D eigenvalue weighted by atomic mass is 19.4. The van der Waals surface area contributed by atoms with E-state index in [1.54, 1.807) is 0 Å². The SMILES string of the molecule is C=CCc1cc(C(C(F)(F)F)C(F)(F)F)ccc1O. The molecule has 1 nitrogen and oxygen atoms in total. The zero-order valence-electron chi connectivity index (χ0n) is 9.52. The molecule has 0 aliphatic carbocycles. The van der Waals surface area contributed by atoms with Gasteiger partial charge in [-0.3, -0.25) is 0 Å². The van der Waals surface area contributed by atoms with Gasteiger partial charge in [-0.2, -0.15) is 26.3 Å². The van der Waals surface area contributed by atoms with E-state index < -0.39 is 23.8 Å². The van der Waals surface area contributed by atoms with Gasteiger partial charge in [-0.05, 0) is 23.6 Å². The van der Waals surface area contributed by atoms with Gasteiger partial charge < -0.3 is 5.11 Å². The first-order chi connectivity index (χ1) is 8.57. The van der Waals surface area contributed by atoms with Crippen LogP contribution in [0.15, 0.2) is 30.9 Å². The second-order valence-corrected chi connectivity index (χ2v) is 3.90. The van der Waals surface area contributed by atoms with Crippen molar-refractivity contribution >= 4 is 0 Å². The first-order valence-electron chi connectivity index (χ1n) is 5.13. The Labute approximate surface area is 105 Å². The van der Waals surface area contributed by atoms with E-state index in [1.807, 2.05) is 0 Å². The molecule has 0 atom stereocenters. The maximum absolute atomic E-state index is 12.5. The van der Waals surface area contributed by atoms with E-state index in [9.17, 15) is 31.4 Å². The molecule has 0 radical (unpaired) electrons. The van der Waals surface area contributed by atoms with E-state index in [0.717, 1.165) is 6.07 Å². The van der Waals surface area contributed by atoms with E-state index in [0.29, 0.717) is 12.1 Å². The van der Waals surface area contributed by atoms with Gasteiger partial charge >= 0.3 is 12.4 Å². The molecule has 0 unspecified atom stereocenters. The minimum Gasteiger partial charge on any atom is -0.508 e. The zero-order chi connectivity index (χ0) is 14.8. The van der Waals surface area contributed by atoms with Crippen LogP contribution in [0.4, 0.5) is 26.3 Å². The minimum absolute atomic E-state index is 0.0257. The van der Waals surface area contributed by atoms with Crippen LogP contribution in [0.2, 0.25) is 0 Å². The molecular formula is C12H10F6O. The monoisotopic (exact) mass is 284 g/mol. The number of allylic oxidation sites excluding steroid dienone is 1. The average molecular weight is 284 g/mol. The summed E-state index contributed by atoms with van der Waals surface area (Å²) in [4.78, 5) is 0. The number of rotatable bonds is 3. The maximum Gasteiger partial charge on any atom is 0.404 e. The average Bonchev–Trinajstić information content (AvgIpc) is 2.19. The van der Waals surface area contributed by atoms with Crippen LogP contribution in [-0.4, -0.2) is 17.5 Å². The van der Waals surface area contributed by atoms with Crippen molar-refractivity contribution in [3.05, 3.63) is 42.0 Å². The van der Waals surface area contributed by atoms with E-state index in [2.05, 4.69) is 6.58 Å². The van der Waals surface area contributed by atoms with Crippen LogP contribution in [0, 0.1) is 0 Å². The zero-order valence-corrected chi connectivity index (χ0v) is 9.52. The van der Waals surface area contributed by atoms with Crippen LogP contribution < -0.4 is 0 Å². The lowest BCUT2D eigenvalue weighted by Crippen LogP contribution is -2.34. The van der Waals surface area contributed by atoms with Gasteiger partial charge in [0.2, 0.25) is 0 Å². The Kier molecular flexibility index (Phi) is 4.17. The first-order valence-corrected chi connectivity index (χ1v) is 5.13. The Morgan fingerprint density at radius 2 is 1.63 bits per heavy atom. The van der Waals surface area contributed by atoms with Crippen LogP contribution in [0.25, 0.3) is 0 Å². The summed E-state index contributed by atoms with van der Waals surface area (Å²) in [6.45, 7) is 3.31. The van der Waals surface area contributed by atoms with Gasteiger partial charge in [-0.1, -0.05) is 18.2 Å². The number of alkyl halides is 6. The predicted octanol–water partition coefficient (Wildman–Crippen LogP) is 4.33. The van der Waals surface area contributed by atoms with Crippen molar-refractivity contribution in [2.45, 2.75) is 24.7 Å². The fourth-order valence-electron chi connectivity index (χ4n) is 1.67. The molecular weight excluding hydrogens is 274 g/mol. The number of hydrogen-bond donors (Lipinski definition) is 1. The summed E-state index contributed by atoms with van der Waals surface area (Å²) in [5.41, 5.74) is -0.986. The lowest BCUT2D eigenvalue weighted by Gasteiger charge is -2.23. The first kappa shape index (κ1) is 15.4. The quantitative estimate of drug-likeness (QED) is 0.647. The Balaban J connectivity index is 3.32. The predicted molar refractivity (Wildman–Crippen MR) is 56.9 cm³/mol. The molecule has 0 spiro atoms.